The number of nitrogens with one attached hydrogen (secondary N) is 4. The van der Waals surface area contributed by atoms with Gasteiger partial charge < -0.3 is 40.5 Å². The molecule has 0 saturated carbocycles. The van der Waals surface area contributed by atoms with E-state index in [0.717, 1.165) is 0 Å². The number of likely N-dealkylation sites (tertiary alicyclic amines) is 1. The predicted octanol–water partition coefficient (Wildman–Crippen LogP) is 2.48. The van der Waals surface area contributed by atoms with E-state index < -0.39 is 83.3 Å². The number of rotatable bonds is 16. The van der Waals surface area contributed by atoms with E-state index >= 15 is 0 Å². The van der Waals surface area contributed by atoms with E-state index in [4.69, 9.17) is 9.47 Å². The number of ketones is 1. The maximum Gasteiger partial charge on any atom is 0.407 e. The van der Waals surface area contributed by atoms with Crippen LogP contribution in [0.4, 0.5) is 4.79 Å². The average Bonchev–Trinajstić information content (AvgIpc) is 3.48. The Bertz CT molecular complexity index is 1450. The SMILES string of the molecule is CCCC(NC(=O)C1C[C@@H](OC(C)(C)C)CN1C(=O)[C@@H](NC(=O)OCC(C)C)C(C)(C)C)C(=O)C(=O)NCC(=O)N[C@H](C(=O)N(C)C)c1ccccc1. The number of amides is 6. The zero-order chi connectivity index (χ0) is 40.3. The first-order chi connectivity index (χ1) is 24.5. The molecule has 0 aliphatic carbocycles. The molecule has 0 aromatic heterocycles. The van der Waals surface area contributed by atoms with Crippen LogP contribution in [0.3, 0.4) is 0 Å². The minimum atomic E-state index is -1.26. The third-order valence-electron chi connectivity index (χ3n) is 8.26. The summed E-state index contributed by atoms with van der Waals surface area (Å²) in [6, 6.07) is 4.17. The molecule has 2 rings (SSSR count). The van der Waals surface area contributed by atoms with Gasteiger partial charge >= 0.3 is 6.09 Å². The van der Waals surface area contributed by atoms with Gasteiger partial charge in [-0.2, -0.15) is 0 Å². The number of Topliss-reactive ketones (excluding diaryl/α,β-unsaturated/α-hetero) is 1. The highest BCUT2D eigenvalue weighted by Crippen LogP contribution is 2.29. The minimum Gasteiger partial charge on any atom is -0.449 e. The van der Waals surface area contributed by atoms with E-state index in [0.29, 0.717) is 12.0 Å². The second-order valence-corrected chi connectivity index (χ2v) is 16.1. The van der Waals surface area contributed by atoms with Crippen molar-refractivity contribution in [1.29, 1.82) is 0 Å². The van der Waals surface area contributed by atoms with Crippen LogP contribution in [0.15, 0.2) is 30.3 Å². The molecule has 53 heavy (non-hydrogen) atoms. The summed E-state index contributed by atoms with van der Waals surface area (Å²) in [5.41, 5.74) is -0.832. The lowest BCUT2D eigenvalue weighted by atomic mass is 9.85. The maximum atomic E-state index is 14.2. The Hall–Kier alpha value is -4.53. The molecule has 1 aliphatic heterocycles. The molecule has 1 saturated heterocycles. The van der Waals surface area contributed by atoms with E-state index in [9.17, 15) is 33.6 Å². The van der Waals surface area contributed by atoms with Gasteiger partial charge in [-0.1, -0.05) is 78.3 Å². The van der Waals surface area contributed by atoms with Crippen LogP contribution in [0.5, 0.6) is 0 Å². The van der Waals surface area contributed by atoms with Crippen molar-refractivity contribution in [2.75, 3.05) is 33.8 Å². The Morgan fingerprint density at radius 2 is 1.55 bits per heavy atom. The lowest BCUT2D eigenvalue weighted by Crippen LogP contribution is -2.59. The molecule has 1 fully saturated rings. The van der Waals surface area contributed by atoms with Crippen molar-refractivity contribution in [1.82, 2.24) is 31.1 Å². The summed E-state index contributed by atoms with van der Waals surface area (Å²) in [6.07, 6.45) is -0.661. The van der Waals surface area contributed by atoms with Crippen LogP contribution < -0.4 is 21.3 Å². The Morgan fingerprint density at radius 3 is 2.08 bits per heavy atom. The molecule has 5 atom stereocenters. The smallest absolute Gasteiger partial charge is 0.407 e. The van der Waals surface area contributed by atoms with Crippen LogP contribution in [0, 0.1) is 11.3 Å². The molecule has 296 valence electrons. The summed E-state index contributed by atoms with van der Waals surface area (Å²) < 4.78 is 11.5. The zero-order valence-electron chi connectivity index (χ0n) is 33.2. The predicted molar refractivity (Wildman–Crippen MR) is 198 cm³/mol. The van der Waals surface area contributed by atoms with Gasteiger partial charge in [0.2, 0.25) is 29.4 Å². The van der Waals surface area contributed by atoms with Gasteiger partial charge in [0.25, 0.3) is 5.91 Å². The molecule has 0 spiro atoms. The molecule has 0 radical (unpaired) electrons. The number of carbonyl (C=O) groups is 7. The highest BCUT2D eigenvalue weighted by Gasteiger charge is 2.47. The normalized spacial score (nSPS) is 17.6. The van der Waals surface area contributed by atoms with E-state index in [2.05, 4.69) is 21.3 Å². The van der Waals surface area contributed by atoms with Crippen molar-refractivity contribution in [2.45, 2.75) is 117 Å². The quantitative estimate of drug-likeness (QED) is 0.184. The fraction of sp³-hybridized carbons (Fsp3) is 0.658. The van der Waals surface area contributed by atoms with Crippen LogP contribution in [-0.4, -0.2) is 115 Å². The Labute approximate surface area is 313 Å². The number of benzene rings is 1. The van der Waals surface area contributed by atoms with Gasteiger partial charge in [0.05, 0.1) is 30.9 Å². The minimum absolute atomic E-state index is 0.0474. The molecule has 1 aliphatic rings. The van der Waals surface area contributed by atoms with Gasteiger partial charge in [-0.05, 0) is 44.1 Å². The molecule has 15 nitrogen and oxygen atoms in total. The standard InChI is InChI=1S/C38H60N6O9/c1-12-16-26(30(46)33(48)39-20-28(45)41-29(34(49)43(10)11)24-17-14-13-15-18-24)40-32(47)27-19-25(53-38(7,8)9)21-44(27)35(50)31(37(4,5)6)42-36(51)52-22-23(2)3/h13-15,17-18,23,25-27,29,31H,12,16,19-22H2,1-11H3,(H,39,48)(H,40,47)(H,41,45)(H,42,51)/t25-,26?,27?,29+,31-/m1/s1. The van der Waals surface area contributed by atoms with Gasteiger partial charge in [0.15, 0.2) is 0 Å². The van der Waals surface area contributed by atoms with Crippen LogP contribution in [0.2, 0.25) is 0 Å². The molecule has 4 N–H and O–H groups in total. The molecule has 1 aromatic carbocycles. The van der Waals surface area contributed by atoms with Crippen LogP contribution in [0.25, 0.3) is 0 Å². The average molecular weight is 745 g/mol. The Balaban J connectivity index is 2.23. The lowest BCUT2D eigenvalue weighted by Gasteiger charge is -2.35. The molecule has 0 bridgehead atoms. The second kappa shape index (κ2) is 19.5. The molecular formula is C38H60N6O9. The second-order valence-electron chi connectivity index (χ2n) is 16.1. The van der Waals surface area contributed by atoms with Crippen molar-refractivity contribution < 1.29 is 43.0 Å². The molecular weight excluding hydrogens is 684 g/mol. The van der Waals surface area contributed by atoms with Gasteiger partial charge in [0, 0.05) is 27.1 Å². The van der Waals surface area contributed by atoms with Crippen molar-refractivity contribution in [3.8, 4) is 0 Å². The van der Waals surface area contributed by atoms with Crippen molar-refractivity contribution >= 4 is 41.4 Å². The van der Waals surface area contributed by atoms with Gasteiger partial charge in [-0.3, -0.25) is 28.8 Å². The topological polar surface area (TPSA) is 193 Å². The lowest BCUT2D eigenvalue weighted by molar-refractivity contribution is -0.144. The summed E-state index contributed by atoms with van der Waals surface area (Å²) in [5, 5.41) is 10.2. The number of likely N-dealkylation sites (N-methyl/N-ethyl adjacent to an activating group) is 1. The van der Waals surface area contributed by atoms with Gasteiger partial charge in [-0.25, -0.2) is 4.79 Å². The summed E-state index contributed by atoms with van der Waals surface area (Å²) in [6.45, 7) is 16.1. The zero-order valence-corrected chi connectivity index (χ0v) is 33.2. The third-order valence-corrected chi connectivity index (χ3v) is 8.26. The molecule has 1 heterocycles. The summed E-state index contributed by atoms with van der Waals surface area (Å²) in [5.74, 6) is -4.28. The monoisotopic (exact) mass is 744 g/mol. The maximum absolute atomic E-state index is 14.2. The van der Waals surface area contributed by atoms with Crippen molar-refractivity contribution in [3.05, 3.63) is 35.9 Å². The fourth-order valence-electron chi connectivity index (χ4n) is 5.73. The Kier molecular flexibility index (Phi) is 16.4. The van der Waals surface area contributed by atoms with Gasteiger partial charge in [0.1, 0.15) is 18.1 Å². The van der Waals surface area contributed by atoms with Crippen LogP contribution in [0.1, 0.15) is 93.2 Å². The number of carbonyl (C=O) groups excluding carboxylic acids is 7. The van der Waals surface area contributed by atoms with Crippen LogP contribution >= 0.6 is 0 Å². The summed E-state index contributed by atoms with van der Waals surface area (Å²) in [4.78, 5) is 95.6. The highest BCUT2D eigenvalue weighted by molar-refractivity contribution is 6.38. The largest absolute Gasteiger partial charge is 0.449 e. The van der Waals surface area contributed by atoms with E-state index in [1.165, 1.54) is 9.80 Å². The highest BCUT2D eigenvalue weighted by atomic mass is 16.5. The molecule has 15 heteroatoms. The van der Waals surface area contributed by atoms with E-state index in [1.54, 1.807) is 72.1 Å². The van der Waals surface area contributed by atoms with Crippen molar-refractivity contribution in [2.24, 2.45) is 11.3 Å². The van der Waals surface area contributed by atoms with E-state index in [-0.39, 0.29) is 37.8 Å². The number of ether oxygens (including phenoxy) is 2. The third kappa shape index (κ3) is 14.1. The first-order valence-corrected chi connectivity index (χ1v) is 18.1. The Morgan fingerprint density at radius 1 is 0.925 bits per heavy atom. The number of hydrogen-bond donors (Lipinski definition) is 4. The van der Waals surface area contributed by atoms with Crippen molar-refractivity contribution in [3.63, 3.8) is 0 Å². The number of alkyl carbamates (subject to hydrolysis) is 1. The molecule has 6 amide bonds. The number of hydrogen-bond acceptors (Lipinski definition) is 9. The molecule has 2 unspecified atom stereocenters. The number of nitrogens with zero attached hydrogens (tertiary/aromatic N) is 2. The summed E-state index contributed by atoms with van der Waals surface area (Å²) >= 11 is 0. The van der Waals surface area contributed by atoms with Gasteiger partial charge in [-0.15, -0.1) is 0 Å². The van der Waals surface area contributed by atoms with E-state index in [1.807, 2.05) is 34.6 Å². The summed E-state index contributed by atoms with van der Waals surface area (Å²) in [7, 11) is 3.10. The fourth-order valence-corrected chi connectivity index (χ4v) is 5.73. The first kappa shape index (κ1) is 44.6. The molecule has 1 aromatic rings. The van der Waals surface area contributed by atoms with Crippen LogP contribution in [-0.2, 0) is 38.2 Å². The first-order valence-electron chi connectivity index (χ1n) is 18.1.